The summed E-state index contributed by atoms with van der Waals surface area (Å²) in [6, 6.07) is 0. The van der Waals surface area contributed by atoms with E-state index in [0.29, 0.717) is 36.4 Å². The molecule has 0 aromatic heterocycles. The van der Waals surface area contributed by atoms with E-state index in [1.165, 1.54) is 31.3 Å². The zero-order chi connectivity index (χ0) is 25.0. The SMILES string of the molecule is C=C1/C(=C\C=C2/CCC[C@]3(C)[C@@H]([C@H](C)/C=C/[C@H](O)C4(C(=O)C5CC5)CC4)CC[C@@H]23)C[C@@H](O)C[C@@H]1O. The number of allylic oxidation sites excluding steroid dienone is 4. The molecule has 0 amide bonds. The fourth-order valence-corrected chi connectivity index (χ4v) is 7.78. The van der Waals surface area contributed by atoms with E-state index in [1.807, 2.05) is 6.08 Å². The van der Waals surface area contributed by atoms with Crippen LogP contribution in [-0.4, -0.2) is 39.4 Å². The molecular formula is C31H44O4. The summed E-state index contributed by atoms with van der Waals surface area (Å²) in [5, 5.41) is 31.2. The Balaban J connectivity index is 1.27. The molecule has 0 aliphatic heterocycles. The van der Waals surface area contributed by atoms with Crippen molar-refractivity contribution < 1.29 is 20.1 Å². The molecule has 0 saturated heterocycles. The predicted octanol–water partition coefficient (Wildman–Crippen LogP) is 5.44. The zero-order valence-corrected chi connectivity index (χ0v) is 21.6. The monoisotopic (exact) mass is 480 g/mol. The summed E-state index contributed by atoms with van der Waals surface area (Å²) in [6.07, 6.45) is 17.3. The fraction of sp³-hybridized carbons (Fsp3) is 0.710. The normalized spacial score (nSPS) is 40.8. The number of aliphatic hydroxyl groups is 3. The Hall–Kier alpha value is -1.49. The van der Waals surface area contributed by atoms with E-state index in [1.54, 1.807) is 0 Å². The van der Waals surface area contributed by atoms with Gasteiger partial charge in [0.1, 0.15) is 5.78 Å². The standard InChI is InChI=1S/C31H44O4/c1-19(6-13-28(34)31(15-16-31)29(35)22-8-9-22)25-11-12-26-21(5-4-14-30(25,26)3)7-10-23-17-24(32)18-27(33)20(23)2/h6-7,10,13,19,22,24-28,32-34H,2,4-5,8-9,11-12,14-18H2,1,3H3/b13-6+,21-7+,23-10-/t19-,24-,25-,26+,27+,28+,30-/m1/s1. The largest absolute Gasteiger partial charge is 0.393 e. The van der Waals surface area contributed by atoms with Gasteiger partial charge in [-0.3, -0.25) is 4.79 Å². The lowest BCUT2D eigenvalue weighted by atomic mass is 9.61. The number of aliphatic hydroxyl groups excluding tert-OH is 3. The third-order valence-electron chi connectivity index (χ3n) is 10.3. The molecule has 192 valence electrons. The molecule has 35 heavy (non-hydrogen) atoms. The summed E-state index contributed by atoms with van der Waals surface area (Å²) in [5.74, 6) is 2.01. The van der Waals surface area contributed by atoms with E-state index < -0.39 is 23.7 Å². The second kappa shape index (κ2) is 9.43. The Morgan fingerprint density at radius 2 is 1.83 bits per heavy atom. The molecular weight excluding hydrogens is 436 g/mol. The van der Waals surface area contributed by atoms with Crippen LogP contribution in [0.2, 0.25) is 0 Å². The highest BCUT2D eigenvalue weighted by molar-refractivity contribution is 5.92. The molecule has 5 rings (SSSR count). The van der Waals surface area contributed by atoms with Crippen molar-refractivity contribution >= 4 is 5.78 Å². The Morgan fingerprint density at radius 3 is 2.51 bits per heavy atom. The number of ketones is 1. The third kappa shape index (κ3) is 4.67. The van der Waals surface area contributed by atoms with Crippen LogP contribution in [-0.2, 0) is 4.79 Å². The van der Waals surface area contributed by atoms with E-state index in [2.05, 4.69) is 38.7 Å². The predicted molar refractivity (Wildman–Crippen MR) is 138 cm³/mol. The number of hydrogen-bond acceptors (Lipinski definition) is 4. The molecule has 5 fully saturated rings. The van der Waals surface area contributed by atoms with Gasteiger partial charge in [-0.05, 0) is 98.5 Å². The number of carbonyl (C=O) groups excluding carboxylic acids is 1. The van der Waals surface area contributed by atoms with Crippen molar-refractivity contribution in [3.05, 3.63) is 47.6 Å². The lowest BCUT2D eigenvalue weighted by molar-refractivity contribution is -0.128. The maximum atomic E-state index is 12.7. The van der Waals surface area contributed by atoms with Crippen LogP contribution in [0.4, 0.5) is 0 Å². The van der Waals surface area contributed by atoms with Crippen molar-refractivity contribution in [3.8, 4) is 0 Å². The van der Waals surface area contributed by atoms with Gasteiger partial charge in [-0.2, -0.15) is 0 Å². The topological polar surface area (TPSA) is 77.8 Å². The van der Waals surface area contributed by atoms with E-state index >= 15 is 0 Å². The van der Waals surface area contributed by atoms with Crippen molar-refractivity contribution in [2.75, 3.05) is 0 Å². The Labute approximate surface area is 210 Å². The number of hydrogen-bond donors (Lipinski definition) is 3. The van der Waals surface area contributed by atoms with Gasteiger partial charge < -0.3 is 15.3 Å². The molecule has 5 aliphatic rings. The molecule has 0 unspecified atom stereocenters. The molecule has 5 saturated carbocycles. The summed E-state index contributed by atoms with van der Waals surface area (Å²) in [6.45, 7) is 8.81. The van der Waals surface area contributed by atoms with Crippen LogP contribution >= 0.6 is 0 Å². The molecule has 0 spiro atoms. The Bertz CT molecular complexity index is 949. The minimum Gasteiger partial charge on any atom is -0.393 e. The highest BCUT2D eigenvalue weighted by Crippen LogP contribution is 2.60. The first-order valence-electron chi connectivity index (χ1n) is 14.0. The number of Topliss-reactive ketones (excluding diaryl/α,β-unsaturated/α-hetero) is 1. The molecule has 0 aromatic carbocycles. The first-order chi connectivity index (χ1) is 16.7. The summed E-state index contributed by atoms with van der Waals surface area (Å²) >= 11 is 0. The van der Waals surface area contributed by atoms with Gasteiger partial charge >= 0.3 is 0 Å². The minimum atomic E-state index is -0.645. The number of carbonyl (C=O) groups is 1. The van der Waals surface area contributed by atoms with Gasteiger partial charge in [0, 0.05) is 12.3 Å². The summed E-state index contributed by atoms with van der Waals surface area (Å²) in [4.78, 5) is 12.7. The van der Waals surface area contributed by atoms with Gasteiger partial charge in [-0.15, -0.1) is 0 Å². The van der Waals surface area contributed by atoms with Crippen molar-refractivity contribution in [2.45, 2.75) is 103 Å². The van der Waals surface area contributed by atoms with Gasteiger partial charge in [0.05, 0.1) is 23.7 Å². The lowest BCUT2D eigenvalue weighted by Crippen LogP contribution is -2.36. The van der Waals surface area contributed by atoms with Crippen molar-refractivity contribution in [1.29, 1.82) is 0 Å². The fourth-order valence-electron chi connectivity index (χ4n) is 7.78. The second-order valence-corrected chi connectivity index (χ2v) is 12.6. The van der Waals surface area contributed by atoms with E-state index in [9.17, 15) is 20.1 Å². The molecule has 7 atom stereocenters. The van der Waals surface area contributed by atoms with E-state index in [-0.39, 0.29) is 11.3 Å². The maximum Gasteiger partial charge on any atom is 0.145 e. The van der Waals surface area contributed by atoms with Crippen LogP contribution in [0.3, 0.4) is 0 Å². The van der Waals surface area contributed by atoms with Gasteiger partial charge in [-0.25, -0.2) is 0 Å². The van der Waals surface area contributed by atoms with Crippen molar-refractivity contribution in [2.24, 2.45) is 34.5 Å². The third-order valence-corrected chi connectivity index (χ3v) is 10.3. The number of fused-ring (bicyclic) bond motifs is 1. The molecule has 5 aliphatic carbocycles. The van der Waals surface area contributed by atoms with Crippen LogP contribution in [0.25, 0.3) is 0 Å². The van der Waals surface area contributed by atoms with Crippen LogP contribution in [0.15, 0.2) is 47.6 Å². The summed E-state index contributed by atoms with van der Waals surface area (Å²) < 4.78 is 0. The molecule has 0 bridgehead atoms. The molecule has 3 N–H and O–H groups in total. The zero-order valence-electron chi connectivity index (χ0n) is 21.6. The lowest BCUT2D eigenvalue weighted by Gasteiger charge is -2.44. The van der Waals surface area contributed by atoms with E-state index in [4.69, 9.17) is 0 Å². The average Bonchev–Trinajstić information content (AvgIpc) is 3.74. The Kier molecular flexibility index (Phi) is 6.78. The van der Waals surface area contributed by atoms with Crippen LogP contribution in [0.1, 0.15) is 84.5 Å². The smallest absolute Gasteiger partial charge is 0.145 e. The molecule has 0 radical (unpaired) electrons. The van der Waals surface area contributed by atoms with Crippen LogP contribution < -0.4 is 0 Å². The quantitative estimate of drug-likeness (QED) is 0.424. The highest BCUT2D eigenvalue weighted by atomic mass is 16.3. The van der Waals surface area contributed by atoms with Crippen molar-refractivity contribution in [1.82, 2.24) is 0 Å². The van der Waals surface area contributed by atoms with Crippen molar-refractivity contribution in [3.63, 3.8) is 0 Å². The molecule has 4 nitrogen and oxygen atoms in total. The van der Waals surface area contributed by atoms with Gasteiger partial charge in [-0.1, -0.05) is 50.3 Å². The molecule has 0 aromatic rings. The first kappa shape index (κ1) is 25.2. The first-order valence-corrected chi connectivity index (χ1v) is 14.0. The summed E-state index contributed by atoms with van der Waals surface area (Å²) in [5.41, 5.74) is 2.99. The highest BCUT2D eigenvalue weighted by Gasteiger charge is 2.57. The second-order valence-electron chi connectivity index (χ2n) is 12.6. The minimum absolute atomic E-state index is 0.215. The maximum absolute atomic E-state index is 12.7. The van der Waals surface area contributed by atoms with Crippen LogP contribution in [0.5, 0.6) is 0 Å². The van der Waals surface area contributed by atoms with Crippen LogP contribution in [0, 0.1) is 34.5 Å². The molecule has 0 heterocycles. The van der Waals surface area contributed by atoms with E-state index in [0.717, 1.165) is 43.3 Å². The average molecular weight is 481 g/mol. The van der Waals surface area contributed by atoms with Gasteiger partial charge in [0.25, 0.3) is 0 Å². The Morgan fingerprint density at radius 1 is 1.09 bits per heavy atom. The number of rotatable bonds is 7. The summed E-state index contributed by atoms with van der Waals surface area (Å²) in [7, 11) is 0. The van der Waals surface area contributed by atoms with Gasteiger partial charge in [0.15, 0.2) is 0 Å². The molecule has 4 heteroatoms. The van der Waals surface area contributed by atoms with Gasteiger partial charge in [0.2, 0.25) is 0 Å².